The summed E-state index contributed by atoms with van der Waals surface area (Å²) in [5.74, 6) is 0.766. The van der Waals surface area contributed by atoms with Crippen LogP contribution in [0.2, 0.25) is 5.02 Å². The van der Waals surface area contributed by atoms with Gasteiger partial charge >= 0.3 is 0 Å². The Bertz CT molecular complexity index is 727. The number of halogens is 1. The molecule has 11 heteroatoms. The molecule has 0 saturated heterocycles. The number of hydrazine groups is 1. The predicted octanol–water partition coefficient (Wildman–Crippen LogP) is 3.09. The fraction of sp³-hybridized carbons (Fsp3) is 0.286. The van der Waals surface area contributed by atoms with E-state index in [9.17, 15) is 4.79 Å². The maximum absolute atomic E-state index is 11.7. The Morgan fingerprint density at radius 3 is 2.68 bits per heavy atom. The van der Waals surface area contributed by atoms with E-state index in [-0.39, 0.29) is 11.7 Å². The molecule has 1 amide bonds. The van der Waals surface area contributed by atoms with Crippen molar-refractivity contribution in [2.24, 2.45) is 0 Å². The summed E-state index contributed by atoms with van der Waals surface area (Å²) in [7, 11) is 0. The number of rotatable bonds is 7. The fourth-order valence-corrected chi connectivity index (χ4v) is 4.86. The molecule has 0 atom stereocenters. The SMILES string of the molecule is CCNC(=S)NNC(=O)CSc1nnc(SCc2ccccc2Cl)s1. The number of carbonyl (C=O) groups excluding carboxylic acids is 1. The number of nitrogens with zero attached hydrogens (tertiary/aromatic N) is 2. The van der Waals surface area contributed by atoms with Gasteiger partial charge in [0.05, 0.1) is 5.75 Å². The summed E-state index contributed by atoms with van der Waals surface area (Å²) in [5.41, 5.74) is 6.20. The molecule has 1 aromatic carbocycles. The van der Waals surface area contributed by atoms with Crippen molar-refractivity contribution < 1.29 is 4.79 Å². The molecule has 2 aromatic rings. The molecule has 1 aromatic heterocycles. The van der Waals surface area contributed by atoms with Gasteiger partial charge in [0.1, 0.15) is 0 Å². The lowest BCUT2D eigenvalue weighted by Gasteiger charge is -2.09. The van der Waals surface area contributed by atoms with Crippen LogP contribution in [0.25, 0.3) is 0 Å². The summed E-state index contributed by atoms with van der Waals surface area (Å²) in [6, 6.07) is 7.72. The highest BCUT2D eigenvalue weighted by Crippen LogP contribution is 2.31. The number of benzene rings is 1. The number of hydrogen-bond acceptors (Lipinski definition) is 7. The molecule has 0 fully saturated rings. The molecule has 0 aliphatic rings. The molecule has 25 heavy (non-hydrogen) atoms. The molecule has 0 bridgehead atoms. The zero-order valence-electron chi connectivity index (χ0n) is 13.2. The Hall–Kier alpha value is -1.07. The van der Waals surface area contributed by atoms with Crippen molar-refractivity contribution in [3.8, 4) is 0 Å². The number of carbonyl (C=O) groups is 1. The summed E-state index contributed by atoms with van der Waals surface area (Å²) in [4.78, 5) is 11.7. The molecule has 3 N–H and O–H groups in total. The van der Waals surface area contributed by atoms with E-state index in [0.717, 1.165) is 25.0 Å². The van der Waals surface area contributed by atoms with Crippen LogP contribution in [-0.4, -0.2) is 33.5 Å². The van der Waals surface area contributed by atoms with E-state index in [2.05, 4.69) is 26.4 Å². The summed E-state index contributed by atoms with van der Waals surface area (Å²) in [5, 5.41) is 12.2. The molecule has 1 heterocycles. The van der Waals surface area contributed by atoms with E-state index in [1.165, 1.54) is 23.1 Å². The first-order chi connectivity index (χ1) is 12.1. The van der Waals surface area contributed by atoms with Crippen molar-refractivity contribution >= 4 is 69.7 Å². The predicted molar refractivity (Wildman–Crippen MR) is 109 cm³/mol. The number of nitrogens with one attached hydrogen (secondary N) is 3. The Kier molecular flexibility index (Phi) is 8.76. The van der Waals surface area contributed by atoms with Gasteiger partial charge in [0, 0.05) is 17.3 Å². The first-order valence-corrected chi connectivity index (χ1v) is 10.8. The average Bonchev–Trinajstić information content (AvgIpc) is 3.06. The second-order valence-corrected chi connectivity index (χ2v) is 8.77. The molecule has 0 saturated carbocycles. The highest BCUT2D eigenvalue weighted by atomic mass is 35.5. The van der Waals surface area contributed by atoms with Gasteiger partial charge in [-0.15, -0.1) is 10.2 Å². The lowest BCUT2D eigenvalue weighted by atomic mass is 10.2. The van der Waals surface area contributed by atoms with Crippen LogP contribution in [-0.2, 0) is 10.5 Å². The lowest BCUT2D eigenvalue weighted by molar-refractivity contribution is -0.119. The quantitative estimate of drug-likeness (QED) is 0.349. The minimum Gasteiger partial charge on any atom is -0.362 e. The van der Waals surface area contributed by atoms with E-state index in [0.29, 0.717) is 11.7 Å². The van der Waals surface area contributed by atoms with Gasteiger partial charge < -0.3 is 5.32 Å². The highest BCUT2D eigenvalue weighted by Gasteiger charge is 2.09. The van der Waals surface area contributed by atoms with Crippen LogP contribution in [0, 0.1) is 0 Å². The normalized spacial score (nSPS) is 10.3. The van der Waals surface area contributed by atoms with Crippen LogP contribution < -0.4 is 16.2 Å². The van der Waals surface area contributed by atoms with Crippen molar-refractivity contribution in [3.63, 3.8) is 0 Å². The number of thiocarbonyl (C=S) groups is 1. The minimum atomic E-state index is -0.189. The molecular formula is C14H16ClN5OS4. The molecule has 0 aliphatic carbocycles. The second kappa shape index (κ2) is 10.8. The van der Waals surface area contributed by atoms with Crippen molar-refractivity contribution in [1.29, 1.82) is 0 Å². The van der Waals surface area contributed by atoms with Crippen LogP contribution in [0.3, 0.4) is 0 Å². The van der Waals surface area contributed by atoms with Gasteiger partial charge in [-0.1, -0.05) is 64.7 Å². The maximum Gasteiger partial charge on any atom is 0.248 e. The number of aromatic nitrogens is 2. The fourth-order valence-electron chi connectivity index (χ4n) is 1.56. The van der Waals surface area contributed by atoms with E-state index >= 15 is 0 Å². The van der Waals surface area contributed by atoms with E-state index in [4.69, 9.17) is 23.8 Å². The monoisotopic (exact) mass is 433 g/mol. The van der Waals surface area contributed by atoms with Crippen LogP contribution in [0.1, 0.15) is 12.5 Å². The van der Waals surface area contributed by atoms with Gasteiger partial charge in [0.25, 0.3) is 0 Å². The Morgan fingerprint density at radius 2 is 1.96 bits per heavy atom. The number of thioether (sulfide) groups is 2. The van der Waals surface area contributed by atoms with Crippen molar-refractivity contribution in [2.45, 2.75) is 21.4 Å². The Labute approximate surface area is 168 Å². The standard InChI is InChI=1S/C14H16ClN5OS4/c1-2-16-12(22)18-17-11(21)8-24-14-20-19-13(25-14)23-7-9-5-3-4-6-10(9)15/h3-6H,2,7-8H2,1H3,(H,17,21)(H2,16,18,22). The van der Waals surface area contributed by atoms with Crippen molar-refractivity contribution in [2.75, 3.05) is 12.3 Å². The molecule has 6 nitrogen and oxygen atoms in total. The third-order valence-electron chi connectivity index (χ3n) is 2.68. The first kappa shape index (κ1) is 20.2. The summed E-state index contributed by atoms with van der Waals surface area (Å²) < 4.78 is 1.58. The van der Waals surface area contributed by atoms with Gasteiger partial charge in [-0.05, 0) is 30.8 Å². The lowest BCUT2D eigenvalue weighted by Crippen LogP contribution is -2.47. The Balaban J connectivity index is 1.73. The van der Waals surface area contributed by atoms with E-state index in [1.54, 1.807) is 11.8 Å². The first-order valence-electron chi connectivity index (χ1n) is 7.23. The zero-order valence-corrected chi connectivity index (χ0v) is 17.3. The topological polar surface area (TPSA) is 78.9 Å². The van der Waals surface area contributed by atoms with Crippen molar-refractivity contribution in [1.82, 2.24) is 26.4 Å². The van der Waals surface area contributed by atoms with E-state index < -0.39 is 0 Å². The molecule has 134 valence electrons. The molecule has 0 unspecified atom stereocenters. The molecule has 0 spiro atoms. The second-order valence-electron chi connectivity index (χ2n) is 4.54. The summed E-state index contributed by atoms with van der Waals surface area (Å²) >= 11 is 15.4. The van der Waals surface area contributed by atoms with Crippen LogP contribution >= 0.6 is 58.7 Å². The van der Waals surface area contributed by atoms with E-state index in [1.807, 2.05) is 31.2 Å². The van der Waals surface area contributed by atoms with Crippen molar-refractivity contribution in [3.05, 3.63) is 34.9 Å². The zero-order chi connectivity index (χ0) is 18.1. The third kappa shape index (κ3) is 7.37. The number of amides is 1. The van der Waals surface area contributed by atoms with Gasteiger partial charge in [-0.2, -0.15) is 0 Å². The Morgan fingerprint density at radius 1 is 1.24 bits per heavy atom. The van der Waals surface area contributed by atoms with Gasteiger partial charge in [0.15, 0.2) is 13.8 Å². The maximum atomic E-state index is 11.7. The molecule has 0 aliphatic heterocycles. The van der Waals surface area contributed by atoms with Crippen LogP contribution in [0.4, 0.5) is 0 Å². The molecular weight excluding hydrogens is 418 g/mol. The minimum absolute atomic E-state index is 0.189. The van der Waals surface area contributed by atoms with Crippen LogP contribution in [0.15, 0.2) is 32.9 Å². The molecule has 0 radical (unpaired) electrons. The highest BCUT2D eigenvalue weighted by molar-refractivity contribution is 8.03. The largest absolute Gasteiger partial charge is 0.362 e. The average molecular weight is 434 g/mol. The van der Waals surface area contributed by atoms with Crippen LogP contribution in [0.5, 0.6) is 0 Å². The van der Waals surface area contributed by atoms with Gasteiger partial charge in [0.2, 0.25) is 5.91 Å². The summed E-state index contributed by atoms with van der Waals surface area (Å²) in [6.45, 7) is 2.61. The number of hydrogen-bond donors (Lipinski definition) is 3. The summed E-state index contributed by atoms with van der Waals surface area (Å²) in [6.07, 6.45) is 0. The van der Waals surface area contributed by atoms with Gasteiger partial charge in [-0.25, -0.2) is 0 Å². The van der Waals surface area contributed by atoms with Gasteiger partial charge in [-0.3, -0.25) is 15.6 Å². The smallest absolute Gasteiger partial charge is 0.248 e. The molecule has 2 rings (SSSR count). The third-order valence-corrected chi connectivity index (χ3v) is 6.53.